The van der Waals surface area contributed by atoms with Gasteiger partial charge in [-0.05, 0) is 49.2 Å². The molecule has 4 rings (SSSR count). The molecule has 0 bridgehead atoms. The average molecular weight is 468 g/mol. The van der Waals surface area contributed by atoms with Gasteiger partial charge in [-0.1, -0.05) is 48.5 Å². The minimum Gasteiger partial charge on any atom is -0.272 e. The van der Waals surface area contributed by atoms with Crippen LogP contribution in [0.15, 0.2) is 77.7 Å². The topological polar surface area (TPSA) is 95.6 Å². The number of benzene rings is 3. The van der Waals surface area contributed by atoms with Gasteiger partial charge in [0.05, 0.1) is 22.5 Å². The van der Waals surface area contributed by atoms with Crippen LogP contribution < -0.4 is 15.2 Å². The summed E-state index contributed by atoms with van der Waals surface area (Å²) >= 11 is 0. The summed E-state index contributed by atoms with van der Waals surface area (Å²) in [5.74, 6) is -2.36. The van der Waals surface area contributed by atoms with Gasteiger partial charge in [-0.15, -0.1) is 0 Å². The molecule has 0 aliphatic carbocycles. The Labute approximate surface area is 191 Å². The molecule has 0 spiro atoms. The Kier molecular flexibility index (Phi) is 6.01. The standard InChI is InChI=1S/C24H22FN3O4S/c1-15-19-10-3-4-11-20(19)21-12-5-6-13-22(21)28(24(15)30)26-23(29)16(2)27-33(31,32)18-9-7-8-17(25)14-18/h3-16,27H,1-2H3,(H,26,29)/t15?,16-/m0/s1. The number of amides is 2. The van der Waals surface area contributed by atoms with Gasteiger partial charge in [-0.25, -0.2) is 17.8 Å². The van der Waals surface area contributed by atoms with E-state index in [-0.39, 0.29) is 10.8 Å². The predicted octanol–water partition coefficient (Wildman–Crippen LogP) is 3.34. The quantitative estimate of drug-likeness (QED) is 0.602. The fourth-order valence-electron chi connectivity index (χ4n) is 3.77. The largest absolute Gasteiger partial charge is 0.272 e. The van der Waals surface area contributed by atoms with Crippen LogP contribution in [0.2, 0.25) is 0 Å². The van der Waals surface area contributed by atoms with Crippen LogP contribution >= 0.6 is 0 Å². The highest BCUT2D eigenvalue weighted by Gasteiger charge is 2.33. The third kappa shape index (κ3) is 4.37. The molecule has 0 saturated carbocycles. The maximum Gasteiger partial charge on any atom is 0.256 e. The maximum absolute atomic E-state index is 13.5. The summed E-state index contributed by atoms with van der Waals surface area (Å²) in [7, 11) is -4.16. The van der Waals surface area contributed by atoms with Crippen LogP contribution in [0.1, 0.15) is 25.3 Å². The van der Waals surface area contributed by atoms with Crippen molar-refractivity contribution in [2.24, 2.45) is 0 Å². The molecule has 1 unspecified atom stereocenters. The Morgan fingerprint density at radius 1 is 1.00 bits per heavy atom. The van der Waals surface area contributed by atoms with Gasteiger partial charge in [0.2, 0.25) is 10.0 Å². The highest BCUT2D eigenvalue weighted by atomic mass is 32.2. The van der Waals surface area contributed by atoms with Crippen LogP contribution in [0.5, 0.6) is 0 Å². The first-order valence-corrected chi connectivity index (χ1v) is 11.8. The third-order valence-corrected chi connectivity index (χ3v) is 7.05. The van der Waals surface area contributed by atoms with E-state index in [1.54, 1.807) is 19.1 Å². The summed E-state index contributed by atoms with van der Waals surface area (Å²) in [6, 6.07) is 17.9. The van der Waals surface area contributed by atoms with Crippen molar-refractivity contribution in [3.8, 4) is 11.1 Å². The summed E-state index contributed by atoms with van der Waals surface area (Å²) in [6.07, 6.45) is 0. The van der Waals surface area contributed by atoms with Crippen molar-refractivity contribution >= 4 is 27.5 Å². The Morgan fingerprint density at radius 2 is 1.67 bits per heavy atom. The van der Waals surface area contributed by atoms with Crippen LogP contribution in [0.3, 0.4) is 0 Å². The lowest BCUT2D eigenvalue weighted by Crippen LogP contribution is -2.54. The van der Waals surface area contributed by atoms with Crippen LogP contribution in [-0.4, -0.2) is 26.3 Å². The second kappa shape index (κ2) is 8.76. The van der Waals surface area contributed by atoms with Gasteiger partial charge in [0.15, 0.2) is 0 Å². The zero-order chi connectivity index (χ0) is 23.8. The van der Waals surface area contributed by atoms with Crippen molar-refractivity contribution in [2.75, 3.05) is 5.01 Å². The van der Waals surface area contributed by atoms with Gasteiger partial charge in [-0.2, -0.15) is 4.72 Å². The van der Waals surface area contributed by atoms with Gasteiger partial charge < -0.3 is 0 Å². The van der Waals surface area contributed by atoms with Crippen molar-refractivity contribution < 1.29 is 22.4 Å². The fraction of sp³-hybridized carbons (Fsp3) is 0.167. The minimum absolute atomic E-state index is 0.303. The molecule has 2 atom stereocenters. The smallest absolute Gasteiger partial charge is 0.256 e. The number of carbonyl (C=O) groups excluding carboxylic acids is 2. The number of halogens is 1. The second-order valence-corrected chi connectivity index (χ2v) is 9.49. The number of hydrogen-bond acceptors (Lipinski definition) is 4. The molecule has 3 aromatic rings. The van der Waals surface area contributed by atoms with Crippen LogP contribution in [-0.2, 0) is 19.6 Å². The van der Waals surface area contributed by atoms with Crippen molar-refractivity contribution in [3.63, 3.8) is 0 Å². The second-order valence-electron chi connectivity index (χ2n) is 7.78. The number of nitrogens with one attached hydrogen (secondary N) is 2. The number of anilines is 1. The minimum atomic E-state index is -4.16. The number of carbonyl (C=O) groups is 2. The zero-order valence-electron chi connectivity index (χ0n) is 17.9. The Balaban J connectivity index is 1.62. The van der Waals surface area contributed by atoms with Gasteiger partial charge >= 0.3 is 0 Å². The first kappa shape index (κ1) is 22.6. The first-order chi connectivity index (χ1) is 15.7. The molecule has 9 heteroatoms. The molecule has 170 valence electrons. The van der Waals surface area contributed by atoms with E-state index in [0.717, 1.165) is 33.8 Å². The molecule has 1 heterocycles. The van der Waals surface area contributed by atoms with E-state index in [1.807, 2.05) is 36.4 Å². The van der Waals surface area contributed by atoms with Crippen molar-refractivity contribution in [2.45, 2.75) is 30.7 Å². The lowest BCUT2D eigenvalue weighted by molar-refractivity contribution is -0.127. The summed E-state index contributed by atoms with van der Waals surface area (Å²) in [5.41, 5.74) is 5.51. The third-order valence-electron chi connectivity index (χ3n) is 5.51. The molecule has 2 amide bonds. The molecule has 33 heavy (non-hydrogen) atoms. The fourth-order valence-corrected chi connectivity index (χ4v) is 5.01. The molecule has 1 aliphatic heterocycles. The number of hydrogen-bond donors (Lipinski definition) is 2. The Hall–Kier alpha value is -3.56. The van der Waals surface area contributed by atoms with Gasteiger partial charge in [0, 0.05) is 5.56 Å². The SMILES string of the molecule is CC1C(=O)N(NC(=O)[C@H](C)NS(=O)(=O)c2cccc(F)c2)c2ccccc2-c2ccccc21. The summed E-state index contributed by atoms with van der Waals surface area (Å²) < 4.78 is 40.8. The van der Waals surface area contributed by atoms with E-state index in [9.17, 15) is 22.4 Å². The Bertz CT molecular complexity index is 1340. The van der Waals surface area contributed by atoms with E-state index >= 15 is 0 Å². The highest BCUT2D eigenvalue weighted by molar-refractivity contribution is 7.89. The van der Waals surface area contributed by atoms with Crippen LogP contribution in [0.25, 0.3) is 11.1 Å². The number of hydrazine groups is 1. The van der Waals surface area contributed by atoms with Gasteiger partial charge in [0.25, 0.3) is 11.8 Å². The maximum atomic E-state index is 13.5. The monoisotopic (exact) mass is 467 g/mol. The van der Waals surface area contributed by atoms with E-state index in [1.165, 1.54) is 19.1 Å². The lowest BCUT2D eigenvalue weighted by atomic mass is 9.92. The molecule has 7 nitrogen and oxygen atoms in total. The number of fused-ring (bicyclic) bond motifs is 3. The molecular weight excluding hydrogens is 445 g/mol. The summed E-state index contributed by atoms with van der Waals surface area (Å²) in [4.78, 5) is 25.9. The van der Waals surface area contributed by atoms with E-state index < -0.39 is 33.7 Å². The van der Waals surface area contributed by atoms with Crippen molar-refractivity contribution in [1.82, 2.24) is 10.1 Å². The summed E-state index contributed by atoms with van der Waals surface area (Å²) in [6.45, 7) is 3.10. The number of sulfonamides is 1. The van der Waals surface area contributed by atoms with E-state index in [0.29, 0.717) is 5.69 Å². The van der Waals surface area contributed by atoms with Gasteiger partial charge in [-0.3, -0.25) is 15.0 Å². The number of nitrogens with zero attached hydrogens (tertiary/aromatic N) is 1. The van der Waals surface area contributed by atoms with Crippen LogP contribution in [0, 0.1) is 5.82 Å². The van der Waals surface area contributed by atoms with Crippen LogP contribution in [0.4, 0.5) is 10.1 Å². The number of para-hydroxylation sites is 1. The van der Waals surface area contributed by atoms with Crippen molar-refractivity contribution in [1.29, 1.82) is 0 Å². The van der Waals surface area contributed by atoms with E-state index in [2.05, 4.69) is 10.1 Å². The molecule has 0 radical (unpaired) electrons. The average Bonchev–Trinajstić information content (AvgIpc) is 2.89. The summed E-state index contributed by atoms with van der Waals surface area (Å²) in [5, 5.41) is 1.16. The highest BCUT2D eigenvalue weighted by Crippen LogP contribution is 2.39. The lowest BCUT2D eigenvalue weighted by Gasteiger charge is -2.26. The first-order valence-electron chi connectivity index (χ1n) is 10.3. The molecule has 3 aromatic carbocycles. The molecule has 0 fully saturated rings. The predicted molar refractivity (Wildman–Crippen MR) is 122 cm³/mol. The van der Waals surface area contributed by atoms with Gasteiger partial charge in [0.1, 0.15) is 5.82 Å². The number of rotatable bonds is 5. The molecule has 0 saturated heterocycles. The molecule has 0 aromatic heterocycles. The normalized spacial score (nSPS) is 16.4. The Morgan fingerprint density at radius 3 is 2.39 bits per heavy atom. The van der Waals surface area contributed by atoms with Crippen molar-refractivity contribution in [3.05, 3.63) is 84.2 Å². The molecule has 2 N–H and O–H groups in total. The van der Waals surface area contributed by atoms with E-state index in [4.69, 9.17) is 0 Å². The molecule has 1 aliphatic rings. The zero-order valence-corrected chi connectivity index (χ0v) is 18.8. The molecular formula is C24H22FN3O4S.